The standard InChI is InChI=1S/C11H25N/c1-7-10(4)12(6)11(5)8-9(2)3/h9-11H,7-8H2,1-6H3/t10-,11+/m1/s1. The SMILES string of the molecule is CC[C@@H](C)N(C)[C@@H](C)CC(C)C. The molecule has 0 aromatic carbocycles. The lowest BCUT2D eigenvalue weighted by molar-refractivity contribution is 0.171. The van der Waals surface area contributed by atoms with Gasteiger partial charge in [0.05, 0.1) is 0 Å². The minimum Gasteiger partial charge on any atom is -0.301 e. The van der Waals surface area contributed by atoms with Crippen molar-refractivity contribution in [1.82, 2.24) is 4.90 Å². The van der Waals surface area contributed by atoms with E-state index in [2.05, 4.69) is 46.6 Å². The first-order valence-electron chi connectivity index (χ1n) is 5.20. The molecule has 1 nitrogen and oxygen atoms in total. The third-order valence-corrected chi connectivity index (χ3v) is 2.79. The largest absolute Gasteiger partial charge is 0.301 e. The first-order chi connectivity index (χ1) is 5.49. The average Bonchev–Trinajstić information content (AvgIpc) is 2.00. The van der Waals surface area contributed by atoms with Gasteiger partial charge in [-0.25, -0.2) is 0 Å². The predicted octanol–water partition coefficient (Wildman–Crippen LogP) is 3.15. The molecule has 74 valence electrons. The summed E-state index contributed by atoms with van der Waals surface area (Å²) in [6.45, 7) is 11.5. The van der Waals surface area contributed by atoms with Crippen LogP contribution in [0.4, 0.5) is 0 Å². The van der Waals surface area contributed by atoms with E-state index < -0.39 is 0 Å². The summed E-state index contributed by atoms with van der Waals surface area (Å²) in [4.78, 5) is 2.49. The summed E-state index contributed by atoms with van der Waals surface area (Å²) in [6.07, 6.45) is 2.56. The van der Waals surface area contributed by atoms with Crippen LogP contribution < -0.4 is 0 Å². The monoisotopic (exact) mass is 171 g/mol. The molecular weight excluding hydrogens is 146 g/mol. The molecule has 0 N–H and O–H groups in total. The molecule has 0 bridgehead atoms. The first-order valence-corrected chi connectivity index (χ1v) is 5.20. The molecule has 0 aromatic heterocycles. The Morgan fingerprint density at radius 1 is 1.00 bits per heavy atom. The van der Waals surface area contributed by atoms with Gasteiger partial charge < -0.3 is 4.90 Å². The minimum absolute atomic E-state index is 0.721. The van der Waals surface area contributed by atoms with Crippen molar-refractivity contribution < 1.29 is 0 Å². The minimum atomic E-state index is 0.721. The number of rotatable bonds is 5. The van der Waals surface area contributed by atoms with E-state index in [1.54, 1.807) is 0 Å². The van der Waals surface area contributed by atoms with E-state index in [1.807, 2.05) is 0 Å². The van der Waals surface area contributed by atoms with E-state index in [9.17, 15) is 0 Å². The average molecular weight is 171 g/mol. The summed E-state index contributed by atoms with van der Waals surface area (Å²) < 4.78 is 0. The van der Waals surface area contributed by atoms with Gasteiger partial charge in [-0.3, -0.25) is 0 Å². The van der Waals surface area contributed by atoms with Crippen molar-refractivity contribution >= 4 is 0 Å². The maximum Gasteiger partial charge on any atom is 0.00691 e. The van der Waals surface area contributed by atoms with E-state index >= 15 is 0 Å². The van der Waals surface area contributed by atoms with E-state index in [4.69, 9.17) is 0 Å². The van der Waals surface area contributed by atoms with Crippen LogP contribution in [-0.2, 0) is 0 Å². The molecule has 0 aliphatic heterocycles. The molecule has 12 heavy (non-hydrogen) atoms. The fourth-order valence-electron chi connectivity index (χ4n) is 1.57. The lowest BCUT2D eigenvalue weighted by Crippen LogP contribution is -2.37. The molecule has 0 rings (SSSR count). The van der Waals surface area contributed by atoms with Gasteiger partial charge >= 0.3 is 0 Å². The number of hydrogen-bond acceptors (Lipinski definition) is 1. The third-order valence-electron chi connectivity index (χ3n) is 2.79. The van der Waals surface area contributed by atoms with Gasteiger partial charge in [-0.05, 0) is 39.7 Å². The van der Waals surface area contributed by atoms with Gasteiger partial charge in [0.25, 0.3) is 0 Å². The predicted molar refractivity (Wildman–Crippen MR) is 56.4 cm³/mol. The highest BCUT2D eigenvalue weighted by Crippen LogP contribution is 2.13. The lowest BCUT2D eigenvalue weighted by atomic mass is 10.0. The Morgan fingerprint density at radius 2 is 1.50 bits per heavy atom. The maximum atomic E-state index is 2.49. The zero-order valence-electron chi connectivity index (χ0n) is 9.59. The topological polar surface area (TPSA) is 3.24 Å². The maximum absolute atomic E-state index is 2.49. The molecule has 0 aromatic rings. The van der Waals surface area contributed by atoms with E-state index in [1.165, 1.54) is 12.8 Å². The van der Waals surface area contributed by atoms with Crippen LogP contribution in [-0.4, -0.2) is 24.0 Å². The van der Waals surface area contributed by atoms with Gasteiger partial charge in [0.2, 0.25) is 0 Å². The summed E-state index contributed by atoms with van der Waals surface area (Å²) in [5.74, 6) is 0.812. The van der Waals surface area contributed by atoms with Crippen LogP contribution in [0.15, 0.2) is 0 Å². The smallest absolute Gasteiger partial charge is 0.00691 e. The Bertz CT molecular complexity index is 110. The molecule has 0 aliphatic rings. The van der Waals surface area contributed by atoms with Crippen LogP contribution in [0.5, 0.6) is 0 Å². The molecule has 0 amide bonds. The number of hydrogen-bond donors (Lipinski definition) is 0. The quantitative estimate of drug-likeness (QED) is 0.614. The van der Waals surface area contributed by atoms with E-state index in [0.29, 0.717) is 0 Å². The van der Waals surface area contributed by atoms with Crippen molar-refractivity contribution in [3.63, 3.8) is 0 Å². The van der Waals surface area contributed by atoms with Gasteiger partial charge in [-0.1, -0.05) is 20.8 Å². The van der Waals surface area contributed by atoms with E-state index in [0.717, 1.165) is 18.0 Å². The Labute approximate surface area is 78.1 Å². The highest BCUT2D eigenvalue weighted by molar-refractivity contribution is 4.69. The summed E-state index contributed by atoms with van der Waals surface area (Å²) >= 11 is 0. The van der Waals surface area contributed by atoms with Gasteiger partial charge in [0, 0.05) is 12.1 Å². The third kappa shape index (κ3) is 4.10. The van der Waals surface area contributed by atoms with Gasteiger partial charge in [0.1, 0.15) is 0 Å². The second kappa shape index (κ2) is 5.58. The molecular formula is C11H25N. The van der Waals surface area contributed by atoms with Crippen molar-refractivity contribution in [3.8, 4) is 0 Å². The zero-order valence-corrected chi connectivity index (χ0v) is 9.59. The van der Waals surface area contributed by atoms with Crippen LogP contribution in [0.3, 0.4) is 0 Å². The first kappa shape index (κ1) is 12.0. The van der Waals surface area contributed by atoms with Crippen LogP contribution >= 0.6 is 0 Å². The molecule has 0 aliphatic carbocycles. The van der Waals surface area contributed by atoms with Crippen LogP contribution in [0.1, 0.15) is 47.5 Å². The normalized spacial score (nSPS) is 17.0. The molecule has 0 saturated carbocycles. The second-order valence-corrected chi connectivity index (χ2v) is 4.40. The zero-order chi connectivity index (χ0) is 9.72. The fraction of sp³-hybridized carbons (Fsp3) is 1.00. The van der Waals surface area contributed by atoms with Crippen LogP contribution in [0.2, 0.25) is 0 Å². The highest BCUT2D eigenvalue weighted by Gasteiger charge is 2.14. The molecule has 0 heterocycles. The van der Waals surface area contributed by atoms with Crippen molar-refractivity contribution in [1.29, 1.82) is 0 Å². The summed E-state index contributed by atoms with van der Waals surface area (Å²) in [5, 5.41) is 0. The summed E-state index contributed by atoms with van der Waals surface area (Å²) in [5.41, 5.74) is 0. The number of nitrogens with zero attached hydrogens (tertiary/aromatic N) is 1. The van der Waals surface area contributed by atoms with Crippen molar-refractivity contribution in [2.24, 2.45) is 5.92 Å². The highest BCUT2D eigenvalue weighted by atomic mass is 15.1. The Balaban J connectivity index is 3.83. The lowest BCUT2D eigenvalue weighted by Gasteiger charge is -2.31. The molecule has 0 spiro atoms. The van der Waals surface area contributed by atoms with Gasteiger partial charge in [-0.2, -0.15) is 0 Å². The van der Waals surface area contributed by atoms with E-state index in [-0.39, 0.29) is 0 Å². The molecule has 0 radical (unpaired) electrons. The van der Waals surface area contributed by atoms with Crippen molar-refractivity contribution in [2.45, 2.75) is 59.5 Å². The fourth-order valence-corrected chi connectivity index (χ4v) is 1.57. The molecule has 0 fully saturated rings. The molecule has 0 saturated heterocycles. The summed E-state index contributed by atoms with van der Waals surface area (Å²) in [6, 6.07) is 1.44. The van der Waals surface area contributed by atoms with Gasteiger partial charge in [-0.15, -0.1) is 0 Å². The van der Waals surface area contributed by atoms with Gasteiger partial charge in [0.15, 0.2) is 0 Å². The van der Waals surface area contributed by atoms with Crippen molar-refractivity contribution in [2.75, 3.05) is 7.05 Å². The summed E-state index contributed by atoms with van der Waals surface area (Å²) in [7, 11) is 2.24. The second-order valence-electron chi connectivity index (χ2n) is 4.40. The molecule has 0 unspecified atom stereocenters. The van der Waals surface area contributed by atoms with Crippen molar-refractivity contribution in [3.05, 3.63) is 0 Å². The molecule has 1 heteroatoms. The Kier molecular flexibility index (Phi) is 5.56. The Hall–Kier alpha value is -0.0400. The van der Waals surface area contributed by atoms with Crippen LogP contribution in [0.25, 0.3) is 0 Å². The van der Waals surface area contributed by atoms with Crippen LogP contribution in [0, 0.1) is 5.92 Å². The Morgan fingerprint density at radius 3 is 1.83 bits per heavy atom. The molecule has 2 atom stereocenters.